The fraction of sp³-hybridized carbons (Fsp3) is 0.412. The third kappa shape index (κ3) is 6.20. The van der Waals surface area contributed by atoms with Crippen LogP contribution in [0.4, 0.5) is 0 Å². The Morgan fingerprint density at radius 3 is 2.62 bits per heavy atom. The first-order valence-electron chi connectivity index (χ1n) is 7.56. The summed E-state index contributed by atoms with van der Waals surface area (Å²) in [5.41, 5.74) is 0.914. The fourth-order valence-corrected chi connectivity index (χ4v) is 1.81. The number of amides is 1. The third-order valence-corrected chi connectivity index (χ3v) is 3.22. The second-order valence-electron chi connectivity index (χ2n) is 5.15. The number of hydrogen-bond acceptors (Lipinski definition) is 4. The van der Waals surface area contributed by atoms with Gasteiger partial charge in [0.15, 0.2) is 5.96 Å². The topological polar surface area (TPSA) is 75.2 Å². The highest BCUT2D eigenvalue weighted by atomic mass is 16.5. The number of benzene rings is 1. The van der Waals surface area contributed by atoms with E-state index in [0.29, 0.717) is 24.8 Å². The molecule has 0 aliphatic rings. The summed E-state index contributed by atoms with van der Waals surface area (Å²) >= 11 is 0. The molecule has 0 unspecified atom stereocenters. The highest BCUT2D eigenvalue weighted by Crippen LogP contribution is 2.25. The maximum atomic E-state index is 11.7. The molecule has 0 radical (unpaired) electrons. The molecule has 132 valence electrons. The Kier molecular flexibility index (Phi) is 8.18. The van der Waals surface area contributed by atoms with Crippen LogP contribution in [-0.2, 0) is 11.3 Å². The van der Waals surface area contributed by atoms with E-state index in [9.17, 15) is 4.79 Å². The molecule has 2 N–H and O–H groups in total. The Morgan fingerprint density at radius 1 is 1.29 bits per heavy atom. The Hall–Kier alpha value is -2.70. The van der Waals surface area contributed by atoms with Crippen molar-refractivity contribution in [1.82, 2.24) is 15.5 Å². The van der Waals surface area contributed by atoms with Gasteiger partial charge in [-0.15, -0.1) is 6.58 Å². The van der Waals surface area contributed by atoms with E-state index < -0.39 is 0 Å². The average Bonchev–Trinajstić information content (AvgIpc) is 2.60. The van der Waals surface area contributed by atoms with Gasteiger partial charge in [-0.05, 0) is 12.1 Å². The largest absolute Gasteiger partial charge is 0.497 e. The smallest absolute Gasteiger partial charge is 0.241 e. The monoisotopic (exact) mass is 334 g/mol. The van der Waals surface area contributed by atoms with Gasteiger partial charge in [-0.1, -0.05) is 6.08 Å². The first kappa shape index (κ1) is 19.3. The number of guanidine groups is 1. The number of methoxy groups -OCH3 is 2. The molecule has 1 aromatic rings. The number of likely N-dealkylation sites (N-methyl/N-ethyl adjacent to an activating group) is 1. The minimum Gasteiger partial charge on any atom is -0.497 e. The van der Waals surface area contributed by atoms with Crippen molar-refractivity contribution in [2.45, 2.75) is 6.54 Å². The third-order valence-electron chi connectivity index (χ3n) is 3.22. The van der Waals surface area contributed by atoms with Gasteiger partial charge in [0.25, 0.3) is 0 Å². The molecule has 7 heteroatoms. The summed E-state index contributed by atoms with van der Waals surface area (Å²) in [6.07, 6.45) is 1.72. The van der Waals surface area contributed by atoms with Crippen LogP contribution in [0.25, 0.3) is 0 Å². The lowest BCUT2D eigenvalue weighted by molar-refractivity contribution is -0.127. The van der Waals surface area contributed by atoms with Crippen LogP contribution in [0.15, 0.2) is 35.8 Å². The molecule has 0 saturated carbocycles. The summed E-state index contributed by atoms with van der Waals surface area (Å²) in [6, 6.07) is 5.56. The summed E-state index contributed by atoms with van der Waals surface area (Å²) in [6.45, 7) is 4.77. The lowest BCUT2D eigenvalue weighted by Gasteiger charge is -2.14. The first-order valence-corrected chi connectivity index (χ1v) is 7.56. The van der Waals surface area contributed by atoms with Crippen molar-refractivity contribution in [2.75, 3.05) is 41.4 Å². The van der Waals surface area contributed by atoms with Gasteiger partial charge in [-0.2, -0.15) is 0 Å². The van der Waals surface area contributed by atoms with Crippen LogP contribution in [0.3, 0.4) is 0 Å². The molecule has 0 saturated heterocycles. The number of hydrogen-bond donors (Lipinski definition) is 2. The highest BCUT2D eigenvalue weighted by molar-refractivity contribution is 5.86. The standard InChI is InChI=1S/C17H26N4O3/c1-6-9-18-17(20-12-16(22)21(2)3)19-11-13-7-8-14(23-4)10-15(13)24-5/h6-8,10H,1,9,11-12H2,2-5H3,(H2,18,19,20). The zero-order valence-electron chi connectivity index (χ0n) is 14.8. The first-order chi connectivity index (χ1) is 11.5. The van der Waals surface area contributed by atoms with Gasteiger partial charge in [0, 0.05) is 32.3 Å². The normalized spacial score (nSPS) is 10.8. The zero-order chi connectivity index (χ0) is 17.9. The number of rotatable bonds is 8. The van der Waals surface area contributed by atoms with Gasteiger partial charge in [0.2, 0.25) is 5.91 Å². The van der Waals surface area contributed by atoms with Gasteiger partial charge in [-0.25, -0.2) is 4.99 Å². The van der Waals surface area contributed by atoms with Gasteiger partial charge in [0.05, 0.1) is 27.3 Å². The van der Waals surface area contributed by atoms with Crippen LogP contribution in [0.5, 0.6) is 11.5 Å². The predicted octanol–water partition coefficient (Wildman–Crippen LogP) is 1.01. The summed E-state index contributed by atoms with van der Waals surface area (Å²) in [4.78, 5) is 17.7. The number of ether oxygens (including phenoxy) is 2. The van der Waals surface area contributed by atoms with Crippen molar-refractivity contribution in [1.29, 1.82) is 0 Å². The number of carbonyl (C=O) groups excluding carboxylic acids is 1. The lowest BCUT2D eigenvalue weighted by Crippen LogP contribution is -2.43. The van der Waals surface area contributed by atoms with E-state index in [1.165, 1.54) is 4.90 Å². The highest BCUT2D eigenvalue weighted by Gasteiger charge is 2.07. The Bertz CT molecular complexity index is 585. The van der Waals surface area contributed by atoms with Crippen LogP contribution >= 0.6 is 0 Å². The summed E-state index contributed by atoms with van der Waals surface area (Å²) in [5, 5.41) is 6.08. The summed E-state index contributed by atoms with van der Waals surface area (Å²) in [7, 11) is 6.63. The molecule has 0 fully saturated rings. The van der Waals surface area contributed by atoms with E-state index in [2.05, 4.69) is 22.2 Å². The molecule has 0 aliphatic carbocycles. The molecule has 24 heavy (non-hydrogen) atoms. The molecular formula is C17H26N4O3. The van der Waals surface area contributed by atoms with Crippen molar-refractivity contribution >= 4 is 11.9 Å². The summed E-state index contributed by atoms with van der Waals surface area (Å²) < 4.78 is 10.5. The molecule has 0 heterocycles. The van der Waals surface area contributed by atoms with E-state index in [1.54, 1.807) is 34.4 Å². The van der Waals surface area contributed by atoms with Gasteiger partial charge < -0.3 is 25.0 Å². The van der Waals surface area contributed by atoms with Crippen molar-refractivity contribution in [3.8, 4) is 11.5 Å². The van der Waals surface area contributed by atoms with Gasteiger partial charge in [-0.3, -0.25) is 4.79 Å². The van der Waals surface area contributed by atoms with Crippen LogP contribution in [0.1, 0.15) is 5.56 Å². The SMILES string of the molecule is C=CCNC(=NCc1ccc(OC)cc1OC)NCC(=O)N(C)C. The van der Waals surface area contributed by atoms with Crippen molar-refractivity contribution in [2.24, 2.45) is 4.99 Å². The second-order valence-corrected chi connectivity index (χ2v) is 5.15. The van der Waals surface area contributed by atoms with E-state index in [0.717, 1.165) is 11.3 Å². The second kappa shape index (κ2) is 10.1. The maximum absolute atomic E-state index is 11.7. The van der Waals surface area contributed by atoms with Crippen molar-refractivity contribution in [3.63, 3.8) is 0 Å². The fourth-order valence-electron chi connectivity index (χ4n) is 1.81. The number of carbonyl (C=O) groups is 1. The molecule has 0 aliphatic heterocycles. The number of nitrogens with zero attached hydrogens (tertiary/aromatic N) is 2. The molecule has 0 aromatic heterocycles. The van der Waals surface area contributed by atoms with Crippen LogP contribution in [0.2, 0.25) is 0 Å². The van der Waals surface area contributed by atoms with Crippen LogP contribution in [0, 0.1) is 0 Å². The zero-order valence-corrected chi connectivity index (χ0v) is 14.8. The molecule has 7 nitrogen and oxygen atoms in total. The quantitative estimate of drug-likeness (QED) is 0.422. The van der Waals surface area contributed by atoms with Crippen LogP contribution in [-0.4, -0.2) is 58.2 Å². The minimum absolute atomic E-state index is 0.0369. The molecule has 1 rings (SSSR count). The Labute approximate surface area is 143 Å². The Morgan fingerprint density at radius 2 is 2.04 bits per heavy atom. The molecule has 0 atom stereocenters. The van der Waals surface area contributed by atoms with Crippen LogP contribution < -0.4 is 20.1 Å². The minimum atomic E-state index is -0.0369. The van der Waals surface area contributed by atoms with Crippen molar-refractivity contribution in [3.05, 3.63) is 36.4 Å². The number of nitrogens with one attached hydrogen (secondary N) is 2. The molecule has 0 bridgehead atoms. The van der Waals surface area contributed by atoms with E-state index in [4.69, 9.17) is 9.47 Å². The van der Waals surface area contributed by atoms with Gasteiger partial charge >= 0.3 is 0 Å². The molecule has 1 aromatic carbocycles. The molecule has 0 spiro atoms. The summed E-state index contributed by atoms with van der Waals surface area (Å²) in [5.74, 6) is 1.91. The lowest BCUT2D eigenvalue weighted by atomic mass is 10.2. The predicted molar refractivity (Wildman–Crippen MR) is 95.6 cm³/mol. The van der Waals surface area contributed by atoms with E-state index >= 15 is 0 Å². The molecular weight excluding hydrogens is 308 g/mol. The van der Waals surface area contributed by atoms with E-state index in [-0.39, 0.29) is 12.5 Å². The van der Waals surface area contributed by atoms with Gasteiger partial charge in [0.1, 0.15) is 11.5 Å². The van der Waals surface area contributed by atoms with Crippen molar-refractivity contribution < 1.29 is 14.3 Å². The average molecular weight is 334 g/mol. The number of aliphatic imine (C=N–C) groups is 1. The maximum Gasteiger partial charge on any atom is 0.241 e. The molecule has 1 amide bonds. The Balaban J connectivity index is 2.82. The van der Waals surface area contributed by atoms with E-state index in [1.807, 2.05) is 18.2 Å².